The summed E-state index contributed by atoms with van der Waals surface area (Å²) in [4.78, 5) is 13.7. The number of hydrogen-bond donors (Lipinski definition) is 3. The fourth-order valence-electron chi connectivity index (χ4n) is 1.61. The summed E-state index contributed by atoms with van der Waals surface area (Å²) in [6, 6.07) is 0. The molecular formula is C11H22N2O3. The number of nitrogens with two attached hydrogens (primary N) is 1. The number of aliphatic hydroxyl groups is 2. The monoisotopic (exact) mass is 230 g/mol. The van der Waals surface area contributed by atoms with Gasteiger partial charge in [0, 0.05) is 18.6 Å². The number of likely N-dealkylation sites (tertiary alicyclic amines) is 1. The molecule has 0 saturated carbocycles. The summed E-state index contributed by atoms with van der Waals surface area (Å²) in [5.74, 6) is -0.129. The molecule has 1 aliphatic heterocycles. The van der Waals surface area contributed by atoms with Crippen LogP contribution in [-0.4, -0.2) is 51.9 Å². The average Bonchev–Trinajstić information content (AvgIpc) is 2.43. The van der Waals surface area contributed by atoms with Gasteiger partial charge in [0.05, 0.1) is 17.6 Å². The third-order valence-electron chi connectivity index (χ3n) is 3.69. The van der Waals surface area contributed by atoms with Crippen LogP contribution in [0.3, 0.4) is 0 Å². The van der Waals surface area contributed by atoms with Crippen LogP contribution in [0.5, 0.6) is 0 Å². The Morgan fingerprint density at radius 1 is 1.19 bits per heavy atom. The maximum atomic E-state index is 12.2. The van der Waals surface area contributed by atoms with Crippen molar-refractivity contribution in [1.29, 1.82) is 0 Å². The van der Waals surface area contributed by atoms with Gasteiger partial charge in [-0.25, -0.2) is 0 Å². The Bertz CT molecular complexity index is 273. The molecule has 1 aliphatic rings. The molecule has 1 rings (SSSR count). The van der Waals surface area contributed by atoms with Gasteiger partial charge in [-0.2, -0.15) is 0 Å². The Kier molecular flexibility index (Phi) is 3.34. The van der Waals surface area contributed by atoms with E-state index in [1.807, 2.05) is 0 Å². The topological polar surface area (TPSA) is 86.8 Å². The SMILES string of the molecule is CC(C)(N)C(C)(C)C(=O)N1C[C@@H](O)[C@@H](O)C1. The Hall–Kier alpha value is -0.650. The normalized spacial score (nSPS) is 27.3. The zero-order chi connectivity index (χ0) is 12.7. The number of aliphatic hydroxyl groups excluding tert-OH is 2. The molecule has 1 saturated heterocycles. The molecule has 4 N–H and O–H groups in total. The molecule has 16 heavy (non-hydrogen) atoms. The lowest BCUT2D eigenvalue weighted by atomic mass is 9.74. The second-order valence-electron chi connectivity index (χ2n) is 5.69. The van der Waals surface area contributed by atoms with Crippen LogP contribution in [0.25, 0.3) is 0 Å². The molecule has 0 unspecified atom stereocenters. The summed E-state index contributed by atoms with van der Waals surface area (Å²) in [5, 5.41) is 18.8. The molecule has 0 bridgehead atoms. The fourth-order valence-corrected chi connectivity index (χ4v) is 1.61. The predicted molar refractivity (Wildman–Crippen MR) is 60.6 cm³/mol. The van der Waals surface area contributed by atoms with Gasteiger partial charge < -0.3 is 20.8 Å². The molecule has 0 aromatic carbocycles. The molecule has 5 nitrogen and oxygen atoms in total. The number of carbonyl (C=O) groups is 1. The highest BCUT2D eigenvalue weighted by atomic mass is 16.3. The van der Waals surface area contributed by atoms with Crippen molar-refractivity contribution in [3.05, 3.63) is 0 Å². The van der Waals surface area contributed by atoms with Crippen LogP contribution < -0.4 is 5.73 Å². The van der Waals surface area contributed by atoms with Crippen LogP contribution in [0, 0.1) is 5.41 Å². The van der Waals surface area contributed by atoms with E-state index in [0.717, 1.165) is 0 Å². The number of amides is 1. The van der Waals surface area contributed by atoms with Gasteiger partial charge in [0.25, 0.3) is 0 Å². The summed E-state index contributed by atoms with van der Waals surface area (Å²) in [6.07, 6.45) is -1.69. The highest BCUT2D eigenvalue weighted by Crippen LogP contribution is 2.31. The summed E-state index contributed by atoms with van der Waals surface area (Å²) < 4.78 is 0. The molecule has 5 heteroatoms. The zero-order valence-corrected chi connectivity index (χ0v) is 10.4. The standard InChI is InChI=1S/C11H22N2O3/c1-10(2,11(3,4)12)9(16)13-5-7(14)8(15)6-13/h7-8,14-15H,5-6,12H2,1-4H3/t7-,8+. The van der Waals surface area contributed by atoms with Gasteiger partial charge >= 0.3 is 0 Å². The van der Waals surface area contributed by atoms with Crippen molar-refractivity contribution in [1.82, 2.24) is 4.90 Å². The Labute approximate surface area is 96.2 Å². The first-order chi connectivity index (χ1) is 7.07. The molecule has 0 aromatic rings. The number of hydrogen-bond acceptors (Lipinski definition) is 4. The van der Waals surface area contributed by atoms with E-state index in [0.29, 0.717) is 0 Å². The Balaban J connectivity index is 2.80. The van der Waals surface area contributed by atoms with Crippen molar-refractivity contribution in [3.63, 3.8) is 0 Å². The largest absolute Gasteiger partial charge is 0.388 e. The van der Waals surface area contributed by atoms with E-state index in [4.69, 9.17) is 5.73 Å². The van der Waals surface area contributed by atoms with Crippen LogP contribution >= 0.6 is 0 Å². The third kappa shape index (κ3) is 2.21. The predicted octanol–water partition coefficient (Wildman–Crippen LogP) is -0.686. The number of rotatable bonds is 2. The first-order valence-corrected chi connectivity index (χ1v) is 5.52. The summed E-state index contributed by atoms with van der Waals surface area (Å²) in [5.41, 5.74) is 4.60. The molecule has 0 aliphatic carbocycles. The molecule has 1 amide bonds. The van der Waals surface area contributed by atoms with Gasteiger partial charge in [-0.05, 0) is 27.7 Å². The molecule has 2 atom stereocenters. The van der Waals surface area contributed by atoms with E-state index in [1.165, 1.54) is 4.90 Å². The maximum absolute atomic E-state index is 12.2. The number of carbonyl (C=O) groups excluding carboxylic acids is 1. The van der Waals surface area contributed by atoms with Crippen molar-refractivity contribution in [3.8, 4) is 0 Å². The van der Waals surface area contributed by atoms with E-state index in [1.54, 1.807) is 27.7 Å². The lowest BCUT2D eigenvalue weighted by Gasteiger charge is -2.39. The molecule has 94 valence electrons. The molecular weight excluding hydrogens is 208 g/mol. The lowest BCUT2D eigenvalue weighted by Crippen LogP contribution is -2.56. The first-order valence-electron chi connectivity index (χ1n) is 5.52. The molecule has 1 heterocycles. The highest BCUT2D eigenvalue weighted by molar-refractivity contribution is 5.83. The van der Waals surface area contributed by atoms with Crippen molar-refractivity contribution in [2.75, 3.05) is 13.1 Å². The molecule has 0 aromatic heterocycles. The van der Waals surface area contributed by atoms with Crippen LogP contribution in [0.15, 0.2) is 0 Å². The molecule has 0 radical (unpaired) electrons. The van der Waals surface area contributed by atoms with E-state index >= 15 is 0 Å². The molecule has 0 spiro atoms. The van der Waals surface area contributed by atoms with E-state index in [-0.39, 0.29) is 19.0 Å². The van der Waals surface area contributed by atoms with Crippen molar-refractivity contribution in [2.45, 2.75) is 45.4 Å². The van der Waals surface area contributed by atoms with Crippen LogP contribution in [0.1, 0.15) is 27.7 Å². The van der Waals surface area contributed by atoms with E-state index in [9.17, 15) is 15.0 Å². The Morgan fingerprint density at radius 2 is 1.56 bits per heavy atom. The minimum atomic E-state index is -0.847. The van der Waals surface area contributed by atoms with Crippen LogP contribution in [-0.2, 0) is 4.79 Å². The Morgan fingerprint density at radius 3 is 1.88 bits per heavy atom. The zero-order valence-electron chi connectivity index (χ0n) is 10.4. The second kappa shape index (κ2) is 3.98. The van der Waals surface area contributed by atoms with E-state index < -0.39 is 23.2 Å². The van der Waals surface area contributed by atoms with Gasteiger partial charge in [0.2, 0.25) is 5.91 Å². The van der Waals surface area contributed by atoms with E-state index in [2.05, 4.69) is 0 Å². The summed E-state index contributed by atoms with van der Waals surface area (Å²) in [7, 11) is 0. The lowest BCUT2D eigenvalue weighted by molar-refractivity contribution is -0.142. The maximum Gasteiger partial charge on any atom is 0.230 e. The van der Waals surface area contributed by atoms with Crippen molar-refractivity contribution >= 4 is 5.91 Å². The number of nitrogens with zero attached hydrogens (tertiary/aromatic N) is 1. The minimum Gasteiger partial charge on any atom is -0.388 e. The third-order valence-corrected chi connectivity index (χ3v) is 3.69. The van der Waals surface area contributed by atoms with Crippen LogP contribution in [0.2, 0.25) is 0 Å². The average molecular weight is 230 g/mol. The van der Waals surface area contributed by atoms with Crippen molar-refractivity contribution in [2.24, 2.45) is 11.1 Å². The molecule has 1 fully saturated rings. The van der Waals surface area contributed by atoms with Gasteiger partial charge in [-0.3, -0.25) is 4.79 Å². The van der Waals surface area contributed by atoms with Gasteiger partial charge in [0.15, 0.2) is 0 Å². The smallest absolute Gasteiger partial charge is 0.230 e. The first kappa shape index (κ1) is 13.4. The van der Waals surface area contributed by atoms with Gasteiger partial charge in [-0.15, -0.1) is 0 Å². The van der Waals surface area contributed by atoms with Gasteiger partial charge in [0.1, 0.15) is 0 Å². The second-order valence-corrected chi connectivity index (χ2v) is 5.69. The summed E-state index contributed by atoms with van der Waals surface area (Å²) in [6.45, 7) is 7.53. The highest BCUT2D eigenvalue weighted by Gasteiger charge is 2.45. The quantitative estimate of drug-likeness (QED) is 0.586. The number of β-amino-alcohol motifs (C(OH)–C–C–N with tert-alkyl or cyclic N) is 2. The summed E-state index contributed by atoms with van der Waals surface area (Å²) >= 11 is 0. The minimum absolute atomic E-state index is 0.129. The van der Waals surface area contributed by atoms with Crippen LogP contribution in [0.4, 0.5) is 0 Å². The fraction of sp³-hybridized carbons (Fsp3) is 0.909. The van der Waals surface area contributed by atoms with Gasteiger partial charge in [-0.1, -0.05) is 0 Å². The van der Waals surface area contributed by atoms with Crippen molar-refractivity contribution < 1.29 is 15.0 Å².